The Morgan fingerprint density at radius 2 is 1.95 bits per heavy atom. The van der Waals surface area contributed by atoms with Gasteiger partial charge in [0.2, 0.25) is 0 Å². The van der Waals surface area contributed by atoms with Crippen LogP contribution in [0.2, 0.25) is 0 Å². The third-order valence-electron chi connectivity index (χ3n) is 3.42. The van der Waals surface area contributed by atoms with Crippen LogP contribution in [0.5, 0.6) is 0 Å². The van der Waals surface area contributed by atoms with Gasteiger partial charge in [0.1, 0.15) is 5.51 Å². The van der Waals surface area contributed by atoms with E-state index in [9.17, 15) is 0 Å². The molecular formula is C15H21N3S2. The van der Waals surface area contributed by atoms with Crippen LogP contribution >= 0.6 is 23.6 Å². The summed E-state index contributed by atoms with van der Waals surface area (Å²) in [7, 11) is 2.11. The molecule has 0 bridgehead atoms. The molecular weight excluding hydrogens is 286 g/mol. The van der Waals surface area contributed by atoms with Crippen molar-refractivity contribution in [3.8, 4) is 0 Å². The molecule has 0 amide bonds. The van der Waals surface area contributed by atoms with Gasteiger partial charge in [-0.25, -0.2) is 4.68 Å². The van der Waals surface area contributed by atoms with E-state index in [1.807, 2.05) is 4.68 Å². The standard InChI is InChI=1S/C15H21N3S2/c1-12-5-7-13(8-6-12)15(2,3)9-17(4)11-18-14(19)20-10-16-18/h5-8,10H,9,11H2,1-4H3. The van der Waals surface area contributed by atoms with E-state index in [2.05, 4.69) is 62.1 Å². The van der Waals surface area contributed by atoms with Crippen LogP contribution in [-0.4, -0.2) is 28.3 Å². The van der Waals surface area contributed by atoms with Gasteiger partial charge in [-0.2, -0.15) is 5.10 Å². The summed E-state index contributed by atoms with van der Waals surface area (Å²) in [5.74, 6) is 0. The number of aryl methyl sites for hydroxylation is 1. The molecule has 0 spiro atoms. The maximum Gasteiger partial charge on any atom is 0.180 e. The number of aromatic nitrogens is 2. The van der Waals surface area contributed by atoms with Crippen LogP contribution in [0.1, 0.15) is 25.0 Å². The van der Waals surface area contributed by atoms with Crippen molar-refractivity contribution in [2.75, 3.05) is 13.6 Å². The lowest BCUT2D eigenvalue weighted by Gasteiger charge is -2.30. The lowest BCUT2D eigenvalue weighted by Crippen LogP contribution is -2.35. The zero-order valence-electron chi connectivity index (χ0n) is 12.5. The molecule has 0 saturated heterocycles. The first-order valence-corrected chi connectivity index (χ1v) is 7.93. The predicted molar refractivity (Wildman–Crippen MR) is 87.8 cm³/mol. The molecule has 3 nitrogen and oxygen atoms in total. The largest absolute Gasteiger partial charge is 0.287 e. The second-order valence-electron chi connectivity index (χ2n) is 5.91. The third-order valence-corrected chi connectivity index (χ3v) is 4.54. The highest BCUT2D eigenvalue weighted by molar-refractivity contribution is 7.73. The topological polar surface area (TPSA) is 21.1 Å². The molecule has 1 heterocycles. The number of benzene rings is 1. The summed E-state index contributed by atoms with van der Waals surface area (Å²) in [4.78, 5) is 2.26. The van der Waals surface area contributed by atoms with Crippen LogP contribution < -0.4 is 0 Å². The summed E-state index contributed by atoms with van der Waals surface area (Å²) < 4.78 is 2.69. The molecule has 0 atom stereocenters. The van der Waals surface area contributed by atoms with Crippen molar-refractivity contribution in [1.82, 2.24) is 14.7 Å². The Balaban J connectivity index is 2.05. The van der Waals surface area contributed by atoms with E-state index in [4.69, 9.17) is 12.2 Å². The maximum atomic E-state index is 5.25. The van der Waals surface area contributed by atoms with Gasteiger partial charge in [0.25, 0.3) is 0 Å². The smallest absolute Gasteiger partial charge is 0.180 e. The number of hydrogen-bond donors (Lipinski definition) is 0. The molecule has 108 valence electrons. The first kappa shape index (κ1) is 15.4. The number of hydrogen-bond acceptors (Lipinski definition) is 4. The molecule has 2 aromatic rings. The number of rotatable bonds is 5. The molecule has 1 aromatic heterocycles. The van der Waals surface area contributed by atoms with E-state index in [1.54, 1.807) is 5.51 Å². The third kappa shape index (κ3) is 3.75. The van der Waals surface area contributed by atoms with Gasteiger partial charge >= 0.3 is 0 Å². The van der Waals surface area contributed by atoms with E-state index in [1.165, 1.54) is 22.5 Å². The zero-order chi connectivity index (χ0) is 14.8. The molecule has 0 N–H and O–H groups in total. The quantitative estimate of drug-likeness (QED) is 0.783. The monoisotopic (exact) mass is 307 g/mol. The lowest BCUT2D eigenvalue weighted by atomic mass is 9.84. The van der Waals surface area contributed by atoms with E-state index in [0.717, 1.165) is 17.2 Å². The summed E-state index contributed by atoms with van der Waals surface area (Å²) in [6.07, 6.45) is 0. The minimum absolute atomic E-state index is 0.0979. The molecule has 0 fully saturated rings. The van der Waals surface area contributed by atoms with Gasteiger partial charge in [-0.05, 0) is 31.8 Å². The summed E-state index contributed by atoms with van der Waals surface area (Å²) >= 11 is 6.75. The second kappa shape index (κ2) is 6.16. The van der Waals surface area contributed by atoms with Gasteiger partial charge in [0, 0.05) is 12.0 Å². The van der Waals surface area contributed by atoms with Gasteiger partial charge in [-0.1, -0.05) is 55.0 Å². The van der Waals surface area contributed by atoms with Crippen LogP contribution in [-0.2, 0) is 12.1 Å². The Morgan fingerprint density at radius 1 is 1.30 bits per heavy atom. The van der Waals surface area contributed by atoms with Crippen molar-refractivity contribution in [2.45, 2.75) is 32.9 Å². The van der Waals surface area contributed by atoms with Crippen molar-refractivity contribution < 1.29 is 0 Å². The molecule has 0 aliphatic carbocycles. The fourth-order valence-corrected chi connectivity index (χ4v) is 3.09. The molecule has 2 rings (SSSR count). The van der Waals surface area contributed by atoms with Gasteiger partial charge < -0.3 is 0 Å². The normalized spacial score (nSPS) is 12.1. The van der Waals surface area contributed by atoms with Crippen LogP contribution in [0.4, 0.5) is 0 Å². The fourth-order valence-electron chi connectivity index (χ4n) is 2.38. The molecule has 5 heteroatoms. The Morgan fingerprint density at radius 3 is 2.50 bits per heavy atom. The molecule has 0 aliphatic heterocycles. The minimum atomic E-state index is 0.0979. The number of likely N-dealkylation sites (N-methyl/N-ethyl adjacent to an activating group) is 1. The molecule has 0 saturated carbocycles. The molecule has 20 heavy (non-hydrogen) atoms. The average Bonchev–Trinajstić information content (AvgIpc) is 2.74. The van der Waals surface area contributed by atoms with Crippen molar-refractivity contribution in [2.24, 2.45) is 0 Å². The Labute approximate surface area is 129 Å². The summed E-state index contributed by atoms with van der Waals surface area (Å²) in [6.45, 7) is 8.35. The highest BCUT2D eigenvalue weighted by Gasteiger charge is 2.22. The Kier molecular flexibility index (Phi) is 4.73. The van der Waals surface area contributed by atoms with Crippen LogP contribution in [0, 0.1) is 10.9 Å². The van der Waals surface area contributed by atoms with Crippen molar-refractivity contribution in [1.29, 1.82) is 0 Å². The highest BCUT2D eigenvalue weighted by Crippen LogP contribution is 2.24. The van der Waals surface area contributed by atoms with E-state index in [-0.39, 0.29) is 5.41 Å². The lowest BCUT2D eigenvalue weighted by molar-refractivity contribution is 0.209. The Bertz CT molecular complexity index is 611. The minimum Gasteiger partial charge on any atom is -0.287 e. The summed E-state index contributed by atoms with van der Waals surface area (Å²) in [5.41, 5.74) is 4.55. The molecule has 1 aromatic carbocycles. The SMILES string of the molecule is Cc1ccc(C(C)(C)CN(C)Cn2ncsc2=S)cc1. The van der Waals surface area contributed by atoms with Gasteiger partial charge in [-0.15, -0.1) is 0 Å². The van der Waals surface area contributed by atoms with Gasteiger partial charge in [0.05, 0.1) is 6.67 Å². The molecule has 0 unspecified atom stereocenters. The van der Waals surface area contributed by atoms with E-state index >= 15 is 0 Å². The first-order chi connectivity index (χ1) is 9.38. The Hall–Kier alpha value is -1.04. The molecule has 0 radical (unpaired) electrons. The van der Waals surface area contributed by atoms with E-state index < -0.39 is 0 Å². The fraction of sp³-hybridized carbons (Fsp3) is 0.467. The molecule has 0 aliphatic rings. The predicted octanol–water partition coefficient (Wildman–Crippen LogP) is 3.85. The second-order valence-corrected chi connectivity index (χ2v) is 7.39. The van der Waals surface area contributed by atoms with Crippen LogP contribution in [0.3, 0.4) is 0 Å². The van der Waals surface area contributed by atoms with Gasteiger partial charge in [-0.3, -0.25) is 4.90 Å². The van der Waals surface area contributed by atoms with Crippen molar-refractivity contribution >= 4 is 23.6 Å². The summed E-state index contributed by atoms with van der Waals surface area (Å²) in [5, 5.41) is 4.26. The van der Waals surface area contributed by atoms with Crippen molar-refractivity contribution in [3.05, 3.63) is 44.9 Å². The van der Waals surface area contributed by atoms with E-state index in [0.29, 0.717) is 0 Å². The summed E-state index contributed by atoms with van der Waals surface area (Å²) in [6, 6.07) is 8.79. The van der Waals surface area contributed by atoms with Crippen LogP contribution in [0.15, 0.2) is 29.8 Å². The average molecular weight is 307 g/mol. The van der Waals surface area contributed by atoms with Crippen molar-refractivity contribution in [3.63, 3.8) is 0 Å². The first-order valence-electron chi connectivity index (χ1n) is 6.65. The highest BCUT2D eigenvalue weighted by atomic mass is 32.1. The zero-order valence-corrected chi connectivity index (χ0v) is 14.1. The van der Waals surface area contributed by atoms with Gasteiger partial charge in [0.15, 0.2) is 3.95 Å². The maximum absolute atomic E-state index is 5.25. The van der Waals surface area contributed by atoms with Crippen LogP contribution in [0.25, 0.3) is 0 Å². The number of nitrogens with zero attached hydrogens (tertiary/aromatic N) is 3.